The van der Waals surface area contributed by atoms with Crippen molar-refractivity contribution in [2.45, 2.75) is 168 Å². The summed E-state index contributed by atoms with van der Waals surface area (Å²) in [4.78, 5) is 24.2. The van der Waals surface area contributed by atoms with E-state index >= 15 is 0 Å². The van der Waals surface area contributed by atoms with Gasteiger partial charge in [-0.1, -0.05) is 147 Å². The fraction of sp³-hybridized carbons (Fsp3) is 0.784. The Morgan fingerprint density at radius 3 is 1.77 bits per heavy atom. The van der Waals surface area contributed by atoms with Crippen molar-refractivity contribution < 1.29 is 29.3 Å². The van der Waals surface area contributed by atoms with Crippen molar-refractivity contribution in [1.82, 2.24) is 0 Å². The summed E-state index contributed by atoms with van der Waals surface area (Å²) in [6.07, 6.45) is 32.2. The first-order valence-electron chi connectivity index (χ1n) is 17.5. The third-order valence-corrected chi connectivity index (χ3v) is 7.48. The highest BCUT2D eigenvalue weighted by atomic mass is 16.6. The average molecular weight is 607 g/mol. The van der Waals surface area contributed by atoms with Crippen molar-refractivity contribution in [2.24, 2.45) is 5.92 Å². The fourth-order valence-electron chi connectivity index (χ4n) is 4.80. The standard InChI is InChI=1S/C37H66O6/c1-4-5-6-7-12-17-22-27-34(39)28-23-18-15-20-24-29-36(40)42-32-35(31-38)43-37(41)30-25-19-14-11-9-8-10-13-16-21-26-33(2)3/h5-6,12,17,22,27,33-35,38-39H,4,7-11,13-16,18-21,23-26,28-32H2,1-3H3/b6-5+,17-12+,27-22+/t34?,35-/m0/s1. The molecule has 0 aliphatic rings. The number of hydrogen-bond donors (Lipinski definition) is 2. The lowest BCUT2D eigenvalue weighted by atomic mass is 10.0. The molecule has 0 aromatic heterocycles. The Kier molecular flexibility index (Phi) is 30.1. The molecule has 0 spiro atoms. The summed E-state index contributed by atoms with van der Waals surface area (Å²) < 4.78 is 10.5. The number of allylic oxidation sites excluding steroid dienone is 5. The van der Waals surface area contributed by atoms with Crippen LogP contribution in [0.1, 0.15) is 156 Å². The van der Waals surface area contributed by atoms with Crippen molar-refractivity contribution in [3.8, 4) is 0 Å². The Bertz CT molecular complexity index is 727. The van der Waals surface area contributed by atoms with Crippen molar-refractivity contribution in [1.29, 1.82) is 0 Å². The number of rotatable bonds is 30. The Labute approximate surface area is 264 Å². The molecule has 6 nitrogen and oxygen atoms in total. The molecule has 0 aromatic rings. The van der Waals surface area contributed by atoms with Gasteiger partial charge < -0.3 is 19.7 Å². The van der Waals surface area contributed by atoms with E-state index in [2.05, 4.69) is 39.0 Å². The Balaban J connectivity index is 3.68. The molecule has 0 aliphatic carbocycles. The number of unbranched alkanes of at least 4 members (excludes halogenated alkanes) is 13. The van der Waals surface area contributed by atoms with Gasteiger partial charge in [-0.3, -0.25) is 9.59 Å². The quantitative estimate of drug-likeness (QED) is 0.0366. The molecule has 0 fully saturated rings. The summed E-state index contributed by atoms with van der Waals surface area (Å²) in [5, 5.41) is 19.5. The maximum atomic E-state index is 12.1. The maximum Gasteiger partial charge on any atom is 0.306 e. The van der Waals surface area contributed by atoms with Gasteiger partial charge in [0.1, 0.15) is 6.61 Å². The molecule has 2 N–H and O–H groups in total. The summed E-state index contributed by atoms with van der Waals surface area (Å²) >= 11 is 0. The lowest BCUT2D eigenvalue weighted by molar-refractivity contribution is -0.161. The fourth-order valence-corrected chi connectivity index (χ4v) is 4.80. The van der Waals surface area contributed by atoms with Crippen LogP contribution in [0.2, 0.25) is 0 Å². The molecule has 0 bridgehead atoms. The number of aliphatic hydroxyl groups is 2. The number of aliphatic hydroxyl groups excluding tert-OH is 2. The molecule has 2 atom stereocenters. The minimum atomic E-state index is -0.800. The van der Waals surface area contributed by atoms with Crippen LogP contribution in [-0.4, -0.2) is 47.6 Å². The second-order valence-corrected chi connectivity index (χ2v) is 12.2. The van der Waals surface area contributed by atoms with Crippen molar-refractivity contribution in [3.05, 3.63) is 36.5 Å². The van der Waals surface area contributed by atoms with Crippen LogP contribution >= 0.6 is 0 Å². The zero-order valence-electron chi connectivity index (χ0n) is 28.0. The number of carbonyl (C=O) groups excluding carboxylic acids is 2. The van der Waals surface area contributed by atoms with Crippen molar-refractivity contribution in [3.63, 3.8) is 0 Å². The van der Waals surface area contributed by atoms with Gasteiger partial charge in [0, 0.05) is 12.8 Å². The first kappa shape index (κ1) is 41.1. The van der Waals surface area contributed by atoms with Crippen LogP contribution < -0.4 is 0 Å². The number of esters is 2. The topological polar surface area (TPSA) is 93.1 Å². The molecule has 0 saturated heterocycles. The lowest BCUT2D eigenvalue weighted by Crippen LogP contribution is -2.28. The zero-order valence-corrected chi connectivity index (χ0v) is 28.0. The smallest absolute Gasteiger partial charge is 0.306 e. The highest BCUT2D eigenvalue weighted by Crippen LogP contribution is 2.14. The van der Waals surface area contributed by atoms with Gasteiger partial charge in [-0.05, 0) is 38.0 Å². The van der Waals surface area contributed by atoms with E-state index in [1.165, 1.54) is 51.4 Å². The van der Waals surface area contributed by atoms with Crippen LogP contribution in [0.4, 0.5) is 0 Å². The highest BCUT2D eigenvalue weighted by Gasteiger charge is 2.16. The molecular weight excluding hydrogens is 540 g/mol. The number of ether oxygens (including phenoxy) is 2. The third kappa shape index (κ3) is 31.3. The second kappa shape index (κ2) is 31.5. The van der Waals surface area contributed by atoms with Gasteiger partial charge in [0.25, 0.3) is 0 Å². The molecule has 0 heterocycles. The number of hydrogen-bond acceptors (Lipinski definition) is 6. The predicted octanol–water partition coefficient (Wildman–Crippen LogP) is 9.33. The molecule has 0 rings (SSSR count). The summed E-state index contributed by atoms with van der Waals surface area (Å²) in [6, 6.07) is 0. The van der Waals surface area contributed by atoms with Gasteiger partial charge in [0.2, 0.25) is 0 Å². The Hall–Kier alpha value is -1.92. The zero-order chi connectivity index (χ0) is 31.8. The van der Waals surface area contributed by atoms with E-state index in [4.69, 9.17) is 9.47 Å². The third-order valence-electron chi connectivity index (χ3n) is 7.48. The van der Waals surface area contributed by atoms with Crippen LogP contribution in [0.3, 0.4) is 0 Å². The van der Waals surface area contributed by atoms with Gasteiger partial charge >= 0.3 is 11.9 Å². The predicted molar refractivity (Wildman–Crippen MR) is 179 cm³/mol. The molecule has 0 radical (unpaired) electrons. The molecule has 250 valence electrons. The first-order valence-corrected chi connectivity index (χ1v) is 17.5. The van der Waals surface area contributed by atoms with E-state index in [1.807, 2.05) is 18.2 Å². The van der Waals surface area contributed by atoms with Crippen LogP contribution in [0.5, 0.6) is 0 Å². The summed E-state index contributed by atoms with van der Waals surface area (Å²) in [5.74, 6) is 0.149. The molecule has 0 aromatic carbocycles. The summed E-state index contributed by atoms with van der Waals surface area (Å²) in [5.41, 5.74) is 0. The van der Waals surface area contributed by atoms with E-state index in [-0.39, 0.29) is 25.2 Å². The van der Waals surface area contributed by atoms with E-state index in [1.54, 1.807) is 0 Å². The van der Waals surface area contributed by atoms with Gasteiger partial charge in [-0.15, -0.1) is 0 Å². The van der Waals surface area contributed by atoms with Crippen LogP contribution in [0, 0.1) is 5.92 Å². The van der Waals surface area contributed by atoms with Crippen LogP contribution in [-0.2, 0) is 19.1 Å². The molecule has 0 amide bonds. The minimum absolute atomic E-state index is 0.103. The summed E-state index contributed by atoms with van der Waals surface area (Å²) in [6.45, 7) is 6.23. The Morgan fingerprint density at radius 2 is 1.21 bits per heavy atom. The highest BCUT2D eigenvalue weighted by molar-refractivity contribution is 5.70. The van der Waals surface area contributed by atoms with E-state index < -0.39 is 12.2 Å². The van der Waals surface area contributed by atoms with Crippen molar-refractivity contribution >= 4 is 11.9 Å². The Morgan fingerprint density at radius 1 is 0.674 bits per heavy atom. The minimum Gasteiger partial charge on any atom is -0.462 e. The molecule has 1 unspecified atom stereocenters. The average Bonchev–Trinajstić information content (AvgIpc) is 2.98. The monoisotopic (exact) mass is 606 g/mol. The first-order chi connectivity index (χ1) is 20.9. The van der Waals surface area contributed by atoms with Crippen LogP contribution in [0.15, 0.2) is 36.5 Å². The van der Waals surface area contributed by atoms with Crippen molar-refractivity contribution in [2.75, 3.05) is 13.2 Å². The van der Waals surface area contributed by atoms with Gasteiger partial charge in [-0.25, -0.2) is 0 Å². The lowest BCUT2D eigenvalue weighted by Gasteiger charge is -2.15. The number of carbonyl (C=O) groups is 2. The molecule has 43 heavy (non-hydrogen) atoms. The molecule has 0 saturated carbocycles. The van der Waals surface area contributed by atoms with E-state index in [0.717, 1.165) is 76.5 Å². The molecule has 0 aliphatic heterocycles. The SMILES string of the molecule is CC/C=C/C/C=C/C=C/C(O)CCCCCCCC(=O)OC[C@H](CO)OC(=O)CCCCCCCCCCCCC(C)C. The normalized spacial score (nSPS) is 13.4. The van der Waals surface area contributed by atoms with Gasteiger partial charge in [-0.2, -0.15) is 0 Å². The molecular formula is C37H66O6. The largest absolute Gasteiger partial charge is 0.462 e. The van der Waals surface area contributed by atoms with E-state index in [0.29, 0.717) is 12.8 Å². The second-order valence-electron chi connectivity index (χ2n) is 12.2. The van der Waals surface area contributed by atoms with Gasteiger partial charge in [0.05, 0.1) is 12.7 Å². The van der Waals surface area contributed by atoms with Crippen LogP contribution in [0.25, 0.3) is 0 Å². The molecule has 6 heteroatoms. The summed E-state index contributed by atoms with van der Waals surface area (Å²) in [7, 11) is 0. The van der Waals surface area contributed by atoms with E-state index in [9.17, 15) is 19.8 Å². The maximum absolute atomic E-state index is 12.1. The van der Waals surface area contributed by atoms with Gasteiger partial charge in [0.15, 0.2) is 6.10 Å².